The molecule has 2 aromatic rings. The van der Waals surface area contributed by atoms with Crippen LogP contribution in [0.15, 0.2) is 65.0 Å². The highest BCUT2D eigenvalue weighted by Crippen LogP contribution is 2.47. The summed E-state index contributed by atoms with van der Waals surface area (Å²) in [5, 5.41) is 4.00. The van der Waals surface area contributed by atoms with Crippen LogP contribution in [0.5, 0.6) is 11.5 Å². The lowest BCUT2D eigenvalue weighted by atomic mass is 9.71. The molecule has 0 fully saturated rings. The second-order valence-electron chi connectivity index (χ2n) is 10.1. The van der Waals surface area contributed by atoms with Crippen molar-refractivity contribution in [3.8, 4) is 11.5 Å². The molecule has 200 valence electrons. The molecule has 7 nitrogen and oxygen atoms in total. The van der Waals surface area contributed by atoms with Crippen LogP contribution in [0.4, 0.5) is 0 Å². The Balaban J connectivity index is 1.80. The van der Waals surface area contributed by atoms with Crippen molar-refractivity contribution in [2.45, 2.75) is 52.4 Å². The van der Waals surface area contributed by atoms with Gasteiger partial charge in [0.1, 0.15) is 0 Å². The predicted octanol–water partition coefficient (Wildman–Crippen LogP) is 5.83. The van der Waals surface area contributed by atoms with E-state index in [1.165, 1.54) is 14.0 Å². The highest BCUT2D eigenvalue weighted by molar-refractivity contribution is 6.30. The number of esters is 2. The number of dihydropyridines is 1. The number of nitrogens with one attached hydrogen (secondary N) is 1. The first kappa shape index (κ1) is 27.5. The second kappa shape index (κ2) is 11.4. The van der Waals surface area contributed by atoms with Crippen LogP contribution < -0.4 is 14.8 Å². The molecule has 2 aromatic carbocycles. The van der Waals surface area contributed by atoms with Gasteiger partial charge in [0.2, 0.25) is 0 Å². The Kier molecular flexibility index (Phi) is 8.26. The van der Waals surface area contributed by atoms with Gasteiger partial charge >= 0.3 is 11.9 Å². The molecule has 0 bridgehead atoms. The average molecular weight is 538 g/mol. The molecule has 0 radical (unpaired) electrons. The minimum Gasteiger partial charge on any atom is -0.493 e. The molecule has 1 N–H and O–H groups in total. The molecule has 0 aromatic heterocycles. The molecule has 38 heavy (non-hydrogen) atoms. The SMILES string of the molecule is COc1cc([C@H]2C(C(=O)OCC(C)C)=C(C)NC3=C2C(=O)C[C@@H](c2ccc(Cl)cc2)C3)ccc1OC(C)=O. The first-order valence-electron chi connectivity index (χ1n) is 12.6. The molecule has 2 atom stereocenters. The summed E-state index contributed by atoms with van der Waals surface area (Å²) in [6.45, 7) is 7.32. The third-order valence-electron chi connectivity index (χ3n) is 6.71. The van der Waals surface area contributed by atoms with Gasteiger partial charge in [0.25, 0.3) is 0 Å². The van der Waals surface area contributed by atoms with Crippen LogP contribution in [-0.2, 0) is 19.1 Å². The topological polar surface area (TPSA) is 90.9 Å². The fourth-order valence-corrected chi connectivity index (χ4v) is 5.16. The van der Waals surface area contributed by atoms with Gasteiger partial charge in [-0.15, -0.1) is 0 Å². The summed E-state index contributed by atoms with van der Waals surface area (Å²) in [5.74, 6) is -0.942. The van der Waals surface area contributed by atoms with Gasteiger partial charge in [-0.2, -0.15) is 0 Å². The zero-order valence-corrected chi connectivity index (χ0v) is 23.0. The number of allylic oxidation sites excluding steroid dienone is 3. The van der Waals surface area contributed by atoms with Crippen molar-refractivity contribution >= 4 is 29.3 Å². The van der Waals surface area contributed by atoms with E-state index in [9.17, 15) is 14.4 Å². The Morgan fingerprint density at radius 3 is 2.37 bits per heavy atom. The van der Waals surface area contributed by atoms with Crippen molar-refractivity contribution in [2.24, 2.45) is 5.92 Å². The largest absolute Gasteiger partial charge is 0.493 e. The van der Waals surface area contributed by atoms with E-state index in [1.807, 2.05) is 45.0 Å². The molecule has 0 spiro atoms. The first-order chi connectivity index (χ1) is 18.1. The molecule has 1 aliphatic heterocycles. The normalized spacial score (nSPS) is 19.2. The summed E-state index contributed by atoms with van der Waals surface area (Å²) in [6, 6.07) is 12.6. The van der Waals surface area contributed by atoms with Crippen LogP contribution in [0.1, 0.15) is 63.5 Å². The van der Waals surface area contributed by atoms with E-state index < -0.39 is 17.9 Å². The Labute approximate surface area is 227 Å². The number of halogens is 1. The van der Waals surface area contributed by atoms with Crippen molar-refractivity contribution in [1.29, 1.82) is 0 Å². The van der Waals surface area contributed by atoms with Crippen LogP contribution >= 0.6 is 11.6 Å². The molecule has 0 saturated heterocycles. The number of rotatable bonds is 7. The van der Waals surface area contributed by atoms with Gasteiger partial charge < -0.3 is 19.5 Å². The molecule has 0 saturated carbocycles. The standard InChI is InChI=1S/C30H32ClNO6/c1-16(2)15-37-30(35)27-17(3)32-23-12-21(19-6-9-22(31)10-7-19)13-24(34)29(23)28(27)20-8-11-25(38-18(4)33)26(14-20)36-5/h6-11,14,16,21,28,32H,12-13,15H2,1-5H3/t21-,28-/m0/s1. The molecule has 1 aliphatic carbocycles. The maximum Gasteiger partial charge on any atom is 0.336 e. The maximum absolute atomic E-state index is 13.8. The van der Waals surface area contributed by atoms with Gasteiger partial charge in [0.15, 0.2) is 17.3 Å². The van der Waals surface area contributed by atoms with E-state index in [2.05, 4.69) is 5.32 Å². The molecular formula is C30H32ClNO6. The second-order valence-corrected chi connectivity index (χ2v) is 10.5. The summed E-state index contributed by atoms with van der Waals surface area (Å²) in [5.41, 5.74) is 4.04. The molecule has 8 heteroatoms. The van der Waals surface area contributed by atoms with Crippen molar-refractivity contribution in [3.63, 3.8) is 0 Å². The number of methoxy groups -OCH3 is 1. The fourth-order valence-electron chi connectivity index (χ4n) is 5.04. The summed E-state index contributed by atoms with van der Waals surface area (Å²) in [7, 11) is 1.47. The maximum atomic E-state index is 13.8. The lowest BCUT2D eigenvalue weighted by molar-refractivity contribution is -0.140. The van der Waals surface area contributed by atoms with E-state index in [-0.39, 0.29) is 30.0 Å². The minimum absolute atomic E-state index is 0.0187. The summed E-state index contributed by atoms with van der Waals surface area (Å²) in [6.07, 6.45) is 0.905. The van der Waals surface area contributed by atoms with E-state index >= 15 is 0 Å². The fraction of sp³-hybridized carbons (Fsp3) is 0.367. The van der Waals surface area contributed by atoms with Gasteiger partial charge in [0, 0.05) is 41.3 Å². The molecule has 0 amide bonds. The van der Waals surface area contributed by atoms with E-state index in [0.29, 0.717) is 46.0 Å². The van der Waals surface area contributed by atoms with Gasteiger partial charge in [-0.1, -0.05) is 43.6 Å². The zero-order valence-electron chi connectivity index (χ0n) is 22.2. The van der Waals surface area contributed by atoms with Crippen LogP contribution in [0.3, 0.4) is 0 Å². The van der Waals surface area contributed by atoms with Crippen molar-refractivity contribution in [2.75, 3.05) is 13.7 Å². The van der Waals surface area contributed by atoms with Crippen LogP contribution in [0.2, 0.25) is 5.02 Å². The molecular weight excluding hydrogens is 506 g/mol. The highest BCUT2D eigenvalue weighted by atomic mass is 35.5. The summed E-state index contributed by atoms with van der Waals surface area (Å²) >= 11 is 6.07. The number of hydrogen-bond acceptors (Lipinski definition) is 7. The number of carbonyl (C=O) groups excluding carboxylic acids is 3. The highest BCUT2D eigenvalue weighted by Gasteiger charge is 2.41. The predicted molar refractivity (Wildman–Crippen MR) is 144 cm³/mol. The Morgan fingerprint density at radius 2 is 1.74 bits per heavy atom. The molecule has 1 heterocycles. The lowest BCUT2D eigenvalue weighted by Crippen LogP contribution is -2.36. The molecule has 0 unspecified atom stereocenters. The van der Waals surface area contributed by atoms with Crippen molar-refractivity contribution in [3.05, 3.63) is 81.2 Å². The number of hydrogen-bond donors (Lipinski definition) is 1. The third kappa shape index (κ3) is 5.78. The van der Waals surface area contributed by atoms with Gasteiger partial charge in [-0.05, 0) is 60.6 Å². The number of carbonyl (C=O) groups is 3. The molecule has 2 aliphatic rings. The first-order valence-corrected chi connectivity index (χ1v) is 13.0. The quantitative estimate of drug-likeness (QED) is 0.351. The number of ether oxygens (including phenoxy) is 3. The van der Waals surface area contributed by atoms with Crippen molar-refractivity contribution < 1.29 is 28.6 Å². The van der Waals surface area contributed by atoms with Crippen LogP contribution in [-0.4, -0.2) is 31.4 Å². The average Bonchev–Trinajstić information content (AvgIpc) is 2.86. The van der Waals surface area contributed by atoms with Crippen LogP contribution in [0.25, 0.3) is 0 Å². The lowest BCUT2D eigenvalue weighted by Gasteiger charge is -2.37. The number of benzene rings is 2. The number of Topliss-reactive ketones (excluding diaryl/α,β-unsaturated/α-hetero) is 1. The minimum atomic E-state index is -0.662. The van der Waals surface area contributed by atoms with E-state index in [1.54, 1.807) is 18.2 Å². The summed E-state index contributed by atoms with van der Waals surface area (Å²) < 4.78 is 16.4. The van der Waals surface area contributed by atoms with Gasteiger partial charge in [0.05, 0.1) is 19.3 Å². The van der Waals surface area contributed by atoms with Gasteiger partial charge in [-0.3, -0.25) is 9.59 Å². The number of ketones is 1. The Morgan fingerprint density at radius 1 is 1.05 bits per heavy atom. The zero-order chi connectivity index (χ0) is 27.6. The monoisotopic (exact) mass is 537 g/mol. The van der Waals surface area contributed by atoms with Crippen LogP contribution in [0, 0.1) is 5.92 Å². The van der Waals surface area contributed by atoms with Gasteiger partial charge in [-0.25, -0.2) is 4.79 Å². The smallest absolute Gasteiger partial charge is 0.336 e. The Bertz CT molecular complexity index is 1320. The van der Waals surface area contributed by atoms with E-state index in [0.717, 1.165) is 11.3 Å². The third-order valence-corrected chi connectivity index (χ3v) is 6.96. The summed E-state index contributed by atoms with van der Waals surface area (Å²) in [4.78, 5) is 38.7. The molecule has 4 rings (SSSR count). The van der Waals surface area contributed by atoms with E-state index in [4.69, 9.17) is 25.8 Å². The van der Waals surface area contributed by atoms with Crippen molar-refractivity contribution in [1.82, 2.24) is 5.32 Å². The Hall–Kier alpha value is -3.58.